The fourth-order valence-electron chi connectivity index (χ4n) is 1.80. The van der Waals surface area contributed by atoms with Gasteiger partial charge in [0.1, 0.15) is 0 Å². The van der Waals surface area contributed by atoms with Crippen LogP contribution in [0.2, 0.25) is 0 Å². The topological polar surface area (TPSA) is 110 Å². The monoisotopic (exact) mass is 186 g/mol. The highest BCUT2D eigenvalue weighted by Gasteiger charge is 2.36. The van der Waals surface area contributed by atoms with Crippen molar-refractivity contribution < 1.29 is 9.59 Å². The highest BCUT2D eigenvalue weighted by Crippen LogP contribution is 2.31. The third-order valence-electron chi connectivity index (χ3n) is 2.47. The smallest absolute Gasteiger partial charge is 0.237 e. The van der Waals surface area contributed by atoms with Gasteiger partial charge in [-0.2, -0.15) is 0 Å². The minimum absolute atomic E-state index is 0.286. The van der Waals surface area contributed by atoms with Crippen molar-refractivity contribution in [1.82, 2.24) is 10.9 Å². The lowest BCUT2D eigenvalue weighted by Gasteiger charge is -2.15. The van der Waals surface area contributed by atoms with Crippen molar-refractivity contribution in [3.05, 3.63) is 0 Å². The fraction of sp³-hybridized carbons (Fsp3) is 0.714. The van der Waals surface area contributed by atoms with Crippen molar-refractivity contribution in [2.45, 2.75) is 19.3 Å². The van der Waals surface area contributed by atoms with E-state index in [0.29, 0.717) is 12.8 Å². The van der Waals surface area contributed by atoms with Crippen LogP contribution in [0.25, 0.3) is 0 Å². The number of nitrogens with one attached hydrogen (secondary N) is 2. The number of nitrogens with two attached hydrogens (primary N) is 2. The first-order valence-electron chi connectivity index (χ1n) is 4.21. The van der Waals surface area contributed by atoms with E-state index in [2.05, 4.69) is 10.9 Å². The van der Waals surface area contributed by atoms with Crippen LogP contribution in [-0.4, -0.2) is 11.8 Å². The maximum absolute atomic E-state index is 11.2. The second-order valence-electron chi connectivity index (χ2n) is 3.16. The summed E-state index contributed by atoms with van der Waals surface area (Å²) in [6.07, 6.45) is 2.25. The fourth-order valence-corrected chi connectivity index (χ4v) is 1.80. The standard InChI is InChI=1S/C7H14N4O2/c8-10-6(12)4-2-1-3-5(4)7(13)11-9/h4-5H,1-3,8-9H2,(H,10,12)(H,11,13)/t4-,5-/m0/s1. The van der Waals surface area contributed by atoms with Gasteiger partial charge in [0.2, 0.25) is 11.8 Å². The van der Waals surface area contributed by atoms with Crippen LogP contribution in [0.15, 0.2) is 0 Å². The number of hydrogen-bond donors (Lipinski definition) is 4. The molecule has 1 fully saturated rings. The predicted octanol–water partition coefficient (Wildman–Crippen LogP) is -1.62. The number of rotatable bonds is 2. The van der Waals surface area contributed by atoms with Crippen molar-refractivity contribution in [2.75, 3.05) is 0 Å². The number of carbonyl (C=O) groups excluding carboxylic acids is 2. The largest absolute Gasteiger partial charge is 0.294 e. The normalized spacial score (nSPS) is 26.9. The van der Waals surface area contributed by atoms with Gasteiger partial charge in [0.25, 0.3) is 0 Å². The maximum atomic E-state index is 11.2. The van der Waals surface area contributed by atoms with E-state index >= 15 is 0 Å². The summed E-state index contributed by atoms with van der Waals surface area (Å²) in [5.74, 6) is 8.76. The van der Waals surface area contributed by atoms with E-state index in [-0.39, 0.29) is 23.7 Å². The van der Waals surface area contributed by atoms with Gasteiger partial charge in [0, 0.05) is 0 Å². The molecule has 0 aromatic rings. The molecule has 6 nitrogen and oxygen atoms in total. The van der Waals surface area contributed by atoms with Gasteiger partial charge in [0.15, 0.2) is 0 Å². The molecule has 0 aromatic carbocycles. The number of amides is 2. The number of hydrogen-bond acceptors (Lipinski definition) is 4. The Labute approximate surface area is 76.0 Å². The summed E-state index contributed by atoms with van der Waals surface area (Å²) in [7, 11) is 0. The van der Waals surface area contributed by atoms with Crippen LogP contribution in [0, 0.1) is 11.8 Å². The molecule has 0 saturated heterocycles. The van der Waals surface area contributed by atoms with Crippen LogP contribution in [0.1, 0.15) is 19.3 Å². The Balaban J connectivity index is 2.63. The molecule has 0 heterocycles. The van der Waals surface area contributed by atoms with Crippen molar-refractivity contribution in [3.63, 3.8) is 0 Å². The van der Waals surface area contributed by atoms with Crippen LogP contribution in [0.5, 0.6) is 0 Å². The molecule has 74 valence electrons. The van der Waals surface area contributed by atoms with Gasteiger partial charge >= 0.3 is 0 Å². The summed E-state index contributed by atoms with van der Waals surface area (Å²) in [5.41, 5.74) is 4.11. The lowest BCUT2D eigenvalue weighted by atomic mass is 9.95. The van der Waals surface area contributed by atoms with Crippen molar-refractivity contribution in [3.8, 4) is 0 Å². The lowest BCUT2D eigenvalue weighted by Crippen LogP contribution is -2.43. The molecule has 0 bridgehead atoms. The molecule has 1 rings (SSSR count). The zero-order valence-corrected chi connectivity index (χ0v) is 7.25. The van der Waals surface area contributed by atoms with E-state index in [1.165, 1.54) is 0 Å². The van der Waals surface area contributed by atoms with Crippen molar-refractivity contribution in [2.24, 2.45) is 23.5 Å². The molecule has 0 aliphatic heterocycles. The first-order chi connectivity index (χ1) is 6.20. The first kappa shape index (κ1) is 9.94. The molecule has 1 aliphatic rings. The third kappa shape index (κ3) is 1.96. The van der Waals surface area contributed by atoms with Crippen LogP contribution >= 0.6 is 0 Å². The molecule has 2 amide bonds. The SMILES string of the molecule is NNC(=O)[C@H]1CCC[C@@H]1C(=O)NN. The third-order valence-corrected chi connectivity index (χ3v) is 2.47. The van der Waals surface area contributed by atoms with E-state index < -0.39 is 0 Å². The van der Waals surface area contributed by atoms with E-state index in [1.807, 2.05) is 0 Å². The zero-order valence-electron chi connectivity index (χ0n) is 7.25. The van der Waals surface area contributed by atoms with Gasteiger partial charge in [-0.1, -0.05) is 6.42 Å². The summed E-state index contributed by atoms with van der Waals surface area (Å²) < 4.78 is 0. The minimum Gasteiger partial charge on any atom is -0.294 e. The Kier molecular flexibility index (Phi) is 3.21. The predicted molar refractivity (Wildman–Crippen MR) is 45.5 cm³/mol. The highest BCUT2D eigenvalue weighted by atomic mass is 16.2. The second kappa shape index (κ2) is 4.20. The minimum atomic E-state index is -0.325. The Morgan fingerprint density at radius 1 is 1.00 bits per heavy atom. The summed E-state index contributed by atoms with van der Waals surface area (Å²) in [5, 5.41) is 0. The second-order valence-corrected chi connectivity index (χ2v) is 3.16. The molecule has 1 saturated carbocycles. The molecule has 2 atom stereocenters. The molecular weight excluding hydrogens is 172 g/mol. The summed E-state index contributed by atoms with van der Waals surface area (Å²) in [6, 6.07) is 0. The van der Waals surface area contributed by atoms with Crippen LogP contribution in [0.4, 0.5) is 0 Å². The van der Waals surface area contributed by atoms with Gasteiger partial charge in [-0.25, -0.2) is 11.7 Å². The Morgan fingerprint density at radius 2 is 1.38 bits per heavy atom. The van der Waals surface area contributed by atoms with E-state index in [0.717, 1.165) is 6.42 Å². The van der Waals surface area contributed by atoms with Crippen molar-refractivity contribution >= 4 is 11.8 Å². The summed E-state index contributed by atoms with van der Waals surface area (Å²) >= 11 is 0. The van der Waals surface area contributed by atoms with Crippen LogP contribution < -0.4 is 22.5 Å². The Morgan fingerprint density at radius 3 is 1.69 bits per heavy atom. The molecule has 6 heteroatoms. The average molecular weight is 186 g/mol. The molecule has 1 aliphatic carbocycles. The summed E-state index contributed by atoms with van der Waals surface area (Å²) in [6.45, 7) is 0. The quantitative estimate of drug-likeness (QED) is 0.236. The maximum Gasteiger partial charge on any atom is 0.237 e. The van der Waals surface area contributed by atoms with Gasteiger partial charge in [-0.3, -0.25) is 20.4 Å². The number of hydrazine groups is 2. The van der Waals surface area contributed by atoms with E-state index in [4.69, 9.17) is 11.7 Å². The Hall–Kier alpha value is -1.14. The van der Waals surface area contributed by atoms with E-state index in [1.54, 1.807) is 0 Å². The van der Waals surface area contributed by atoms with E-state index in [9.17, 15) is 9.59 Å². The molecule has 6 N–H and O–H groups in total. The first-order valence-corrected chi connectivity index (χ1v) is 4.21. The molecular formula is C7H14N4O2. The number of carbonyl (C=O) groups is 2. The summed E-state index contributed by atoms with van der Waals surface area (Å²) in [4.78, 5) is 22.4. The van der Waals surface area contributed by atoms with Gasteiger partial charge in [0.05, 0.1) is 11.8 Å². The lowest BCUT2D eigenvalue weighted by molar-refractivity contribution is -0.133. The van der Waals surface area contributed by atoms with Crippen molar-refractivity contribution in [1.29, 1.82) is 0 Å². The van der Waals surface area contributed by atoms with Crippen LogP contribution in [-0.2, 0) is 9.59 Å². The highest BCUT2D eigenvalue weighted by molar-refractivity contribution is 5.87. The average Bonchev–Trinajstić information content (AvgIpc) is 2.63. The molecule has 13 heavy (non-hydrogen) atoms. The Bertz CT molecular complexity index is 197. The van der Waals surface area contributed by atoms with Gasteiger partial charge < -0.3 is 0 Å². The molecule has 0 radical (unpaired) electrons. The van der Waals surface area contributed by atoms with Crippen LogP contribution in [0.3, 0.4) is 0 Å². The van der Waals surface area contributed by atoms with Gasteiger partial charge in [-0.05, 0) is 12.8 Å². The van der Waals surface area contributed by atoms with Gasteiger partial charge in [-0.15, -0.1) is 0 Å². The molecule has 0 spiro atoms. The molecule has 0 unspecified atom stereocenters. The zero-order chi connectivity index (χ0) is 9.84. The molecule has 0 aromatic heterocycles.